The highest BCUT2D eigenvalue weighted by Gasteiger charge is 2.67. The highest BCUT2D eigenvalue weighted by Crippen LogP contribution is 2.55. The van der Waals surface area contributed by atoms with Crippen LogP contribution in [-0.2, 0) is 18.7 Å². The van der Waals surface area contributed by atoms with Gasteiger partial charge in [-0.2, -0.15) is 0 Å². The Kier molecular flexibility index (Phi) is 12.3. The van der Waals surface area contributed by atoms with Crippen LogP contribution in [-0.4, -0.2) is 128 Å². The number of hydrogen-bond acceptors (Lipinski definition) is 11. The third-order valence-electron chi connectivity index (χ3n) is 8.95. The number of aliphatic hydroxyl groups is 4. The molecule has 5 rings (SSSR count). The second kappa shape index (κ2) is 14.9. The fourth-order valence-electron chi connectivity index (χ4n) is 6.86. The summed E-state index contributed by atoms with van der Waals surface area (Å²) in [4.78, 5) is 39.8. The van der Waals surface area contributed by atoms with E-state index in [0.717, 1.165) is 13.0 Å². The van der Waals surface area contributed by atoms with Gasteiger partial charge in [-0.05, 0) is 38.1 Å². The Hall–Kier alpha value is -2.56. The van der Waals surface area contributed by atoms with E-state index in [1.165, 1.54) is 25.1 Å². The van der Waals surface area contributed by atoms with Crippen molar-refractivity contribution in [3.8, 4) is 5.75 Å². The zero-order chi connectivity index (χ0) is 34.3. The maximum absolute atomic E-state index is 13.3. The van der Waals surface area contributed by atoms with Crippen molar-refractivity contribution in [1.29, 1.82) is 0 Å². The fourth-order valence-corrected chi connectivity index (χ4v) is 9.50. The lowest BCUT2D eigenvalue weighted by Gasteiger charge is -2.53. The molecule has 18 heteroatoms. The molecule has 1 aromatic carbocycles. The molecule has 1 unspecified atom stereocenters. The Labute approximate surface area is 281 Å². The molecule has 262 valence electrons. The number of Topliss-reactive ketones (excluding diaryl/α,β-unsaturated/α-hetero) is 2. The first-order valence-corrected chi connectivity index (χ1v) is 17.3. The minimum atomic E-state index is -2.89. The molecule has 0 radical (unpaired) electrons. The molecule has 0 aromatic heterocycles. The van der Waals surface area contributed by atoms with Crippen LogP contribution in [0.15, 0.2) is 40.9 Å². The molecular formula is C29H41Cl2N4O11P. The van der Waals surface area contributed by atoms with Crippen molar-refractivity contribution < 1.29 is 54.5 Å². The number of primary amides is 1. The van der Waals surface area contributed by atoms with E-state index in [1.807, 2.05) is 0 Å². The number of halogens is 2. The lowest BCUT2D eigenvalue weighted by molar-refractivity contribution is -0.162. The van der Waals surface area contributed by atoms with Crippen LogP contribution < -0.4 is 10.8 Å². The number of alkyl halides is 2. The highest BCUT2D eigenvalue weighted by atomic mass is 35.5. The van der Waals surface area contributed by atoms with Crippen LogP contribution >= 0.6 is 30.9 Å². The summed E-state index contributed by atoms with van der Waals surface area (Å²) in [5.41, 5.74) is 1.36. The molecule has 15 nitrogen and oxygen atoms in total. The van der Waals surface area contributed by atoms with Gasteiger partial charge in [-0.1, -0.05) is 19.1 Å². The van der Waals surface area contributed by atoms with Gasteiger partial charge in [0.15, 0.2) is 11.4 Å². The standard InChI is InChI=1S/C22H24N2O8.C7H15Cl2N2O2P.H2O/c1-7-8-5-4-6-9(25)11(8)16(26)12-10(7)17(27)14-15(24(2)3)18(28)13(21(23)31)20(30)22(14,32)19(12)29;8-2-5-11(6-3-9)14(12)10-4-1-7-13-14;/h4-7,10,14-15,17,25,27-29,32H,1-3H3,(H2,23,31);1-7H2,(H,10,12);1H2/t7-,10+,14+,15-,17-,22-;;/m0../s1. The Morgan fingerprint density at radius 3 is 2.30 bits per heavy atom. The number of carbonyl (C=O) groups excluding carboxylic acids is 3. The second-order valence-corrected chi connectivity index (χ2v) is 14.7. The highest BCUT2D eigenvalue weighted by molar-refractivity contribution is 7.54. The van der Waals surface area contributed by atoms with Crippen molar-refractivity contribution in [1.82, 2.24) is 14.7 Å². The third kappa shape index (κ3) is 6.46. The van der Waals surface area contributed by atoms with Gasteiger partial charge in [-0.3, -0.25) is 23.8 Å². The maximum Gasteiger partial charge on any atom is 0.343 e. The second-order valence-electron chi connectivity index (χ2n) is 11.7. The molecule has 0 saturated carbocycles. The van der Waals surface area contributed by atoms with Gasteiger partial charge in [-0.25, -0.2) is 9.76 Å². The molecular weight excluding hydrogens is 682 g/mol. The van der Waals surface area contributed by atoms with Crippen molar-refractivity contribution in [2.75, 3.05) is 52.1 Å². The van der Waals surface area contributed by atoms with Crippen LogP contribution in [0, 0.1) is 11.8 Å². The summed E-state index contributed by atoms with van der Waals surface area (Å²) in [5.74, 6) is -8.01. The zero-order valence-electron chi connectivity index (χ0n) is 26.0. The zero-order valence-corrected chi connectivity index (χ0v) is 28.4. The Morgan fingerprint density at radius 2 is 1.79 bits per heavy atom. The van der Waals surface area contributed by atoms with E-state index in [1.54, 1.807) is 23.7 Å². The first-order chi connectivity index (χ1) is 21.6. The number of nitrogens with zero attached hydrogens (tertiary/aromatic N) is 2. The van der Waals surface area contributed by atoms with Gasteiger partial charge in [0.25, 0.3) is 5.91 Å². The van der Waals surface area contributed by atoms with Crippen molar-refractivity contribution in [2.45, 2.75) is 37.0 Å². The van der Waals surface area contributed by atoms with E-state index in [2.05, 4.69) is 5.09 Å². The molecule has 1 heterocycles. The number of ketones is 2. The van der Waals surface area contributed by atoms with Crippen LogP contribution in [0.25, 0.3) is 0 Å². The predicted molar refractivity (Wildman–Crippen MR) is 173 cm³/mol. The number of aliphatic hydroxyl groups excluding tert-OH is 3. The molecule has 3 aliphatic carbocycles. The van der Waals surface area contributed by atoms with Gasteiger partial charge in [0.2, 0.25) is 5.78 Å². The van der Waals surface area contributed by atoms with Crippen LogP contribution in [0.3, 0.4) is 0 Å². The van der Waals surface area contributed by atoms with Gasteiger partial charge in [0, 0.05) is 42.9 Å². The average Bonchev–Trinajstić information content (AvgIpc) is 2.99. The van der Waals surface area contributed by atoms with Gasteiger partial charge in [0.1, 0.15) is 22.8 Å². The van der Waals surface area contributed by atoms with Crippen LogP contribution in [0.2, 0.25) is 0 Å². The molecule has 1 fully saturated rings. The topological polar surface area (TPSA) is 255 Å². The largest absolute Gasteiger partial charge is 0.510 e. The molecule has 1 amide bonds. The minimum absolute atomic E-state index is 0. The number of rotatable bonds is 7. The molecule has 1 aliphatic heterocycles. The molecule has 10 N–H and O–H groups in total. The molecule has 1 saturated heterocycles. The summed E-state index contributed by atoms with van der Waals surface area (Å²) in [6, 6.07) is 3.17. The number of aromatic hydroxyl groups is 1. The molecule has 0 bridgehead atoms. The number of amides is 1. The fraction of sp³-hybridized carbons (Fsp3) is 0.552. The predicted octanol–water partition coefficient (Wildman–Crippen LogP) is 0.712. The number of nitrogens with two attached hydrogens (primary N) is 1. The van der Waals surface area contributed by atoms with Gasteiger partial charge in [-0.15, -0.1) is 23.2 Å². The monoisotopic (exact) mass is 722 g/mol. The molecule has 0 spiro atoms. The van der Waals surface area contributed by atoms with Gasteiger partial charge in [0.05, 0.1) is 30.2 Å². The number of carbonyl (C=O) groups is 3. The van der Waals surface area contributed by atoms with E-state index in [9.17, 15) is 44.5 Å². The number of phenols is 1. The number of hydrogen-bond donors (Lipinski definition) is 7. The van der Waals surface area contributed by atoms with E-state index < -0.39 is 83.3 Å². The Morgan fingerprint density at radius 1 is 1.17 bits per heavy atom. The summed E-state index contributed by atoms with van der Waals surface area (Å²) in [7, 11) is 0.133. The van der Waals surface area contributed by atoms with E-state index in [-0.39, 0.29) is 16.8 Å². The Balaban J connectivity index is 0.000000338. The third-order valence-corrected chi connectivity index (χ3v) is 11.6. The number of nitrogens with one attached hydrogen (secondary N) is 1. The Bertz CT molecular complexity index is 1510. The van der Waals surface area contributed by atoms with Gasteiger partial charge < -0.3 is 41.3 Å². The van der Waals surface area contributed by atoms with E-state index >= 15 is 0 Å². The van der Waals surface area contributed by atoms with Crippen molar-refractivity contribution in [2.24, 2.45) is 17.6 Å². The summed E-state index contributed by atoms with van der Waals surface area (Å²) < 4.78 is 19.2. The van der Waals surface area contributed by atoms with Crippen molar-refractivity contribution >= 4 is 48.3 Å². The first-order valence-electron chi connectivity index (χ1n) is 14.6. The number of benzene rings is 1. The van der Waals surface area contributed by atoms with Crippen molar-refractivity contribution in [3.63, 3.8) is 0 Å². The lowest BCUT2D eigenvalue weighted by atomic mass is 9.55. The van der Waals surface area contributed by atoms with Crippen LogP contribution in [0.5, 0.6) is 5.75 Å². The SMILES string of the molecule is C[C@H]1c2cccc(O)c2C(=O)C2=C(O)[C@]3(O)C(=O)C(C(N)=O)=C(O)[C@@H](N(C)C)[C@@H]3[C@@H](O)[C@@H]21.O.O=P1(N(CCCl)CCCl)NCCCO1. The summed E-state index contributed by atoms with van der Waals surface area (Å²) in [5, 5.41) is 57.9. The normalized spacial score (nSPS) is 31.8. The van der Waals surface area contributed by atoms with Crippen LogP contribution in [0.4, 0.5) is 0 Å². The maximum atomic E-state index is 13.3. The first kappa shape index (κ1) is 38.9. The number of fused-ring (bicyclic) bond motifs is 3. The van der Waals surface area contributed by atoms with E-state index in [4.69, 9.17) is 33.5 Å². The molecule has 1 aromatic rings. The molecule has 4 aliphatic rings. The van der Waals surface area contributed by atoms with Crippen LogP contribution in [0.1, 0.15) is 35.2 Å². The minimum Gasteiger partial charge on any atom is -0.510 e. The summed E-state index contributed by atoms with van der Waals surface area (Å²) in [6.07, 6.45) is -0.701. The average molecular weight is 724 g/mol. The molecule has 7 atom stereocenters. The number of likely N-dealkylation sites (N-methyl/N-ethyl adjacent to an activating group) is 1. The summed E-state index contributed by atoms with van der Waals surface area (Å²) >= 11 is 11.2. The van der Waals surface area contributed by atoms with Gasteiger partial charge >= 0.3 is 7.67 Å². The molecule has 47 heavy (non-hydrogen) atoms. The van der Waals surface area contributed by atoms with Crippen molar-refractivity contribution in [3.05, 3.63) is 52.0 Å². The number of phenolic OH excluding ortho intramolecular Hbond substituents is 1. The smallest absolute Gasteiger partial charge is 0.343 e. The lowest BCUT2D eigenvalue weighted by Crippen LogP contribution is -2.68. The summed E-state index contributed by atoms with van der Waals surface area (Å²) in [6.45, 7) is 3.98. The van der Waals surface area contributed by atoms with E-state index in [0.29, 0.717) is 37.0 Å². The quantitative estimate of drug-likeness (QED) is 0.116.